The Balaban J connectivity index is 1.95. The van der Waals surface area contributed by atoms with Gasteiger partial charge in [-0.05, 0) is 42.2 Å². The number of fused-ring (bicyclic) bond motifs is 2. The van der Waals surface area contributed by atoms with Gasteiger partial charge in [0.05, 0.1) is 37.9 Å². The molecule has 0 bridgehead atoms. The Kier molecular flexibility index (Phi) is 6.67. The van der Waals surface area contributed by atoms with Crippen LogP contribution in [0, 0.1) is 6.92 Å². The lowest BCUT2D eigenvalue weighted by atomic mass is 9.97. The summed E-state index contributed by atoms with van der Waals surface area (Å²) in [7, 11) is 2.50. The predicted molar refractivity (Wildman–Crippen MR) is 129 cm³/mol. The maximum atomic E-state index is 12.7. The largest absolute Gasteiger partial charge is 0.548 e. The Morgan fingerprint density at radius 3 is 2.30 bits per heavy atom. The lowest BCUT2D eigenvalue weighted by Crippen LogP contribution is -2.39. The number of carbonyl (C=O) groups excluding carboxylic acids is 3. The van der Waals surface area contributed by atoms with E-state index >= 15 is 0 Å². The molecule has 1 aromatic rings. The highest BCUT2D eigenvalue weighted by atomic mass is 16.5. The van der Waals surface area contributed by atoms with Crippen molar-refractivity contribution >= 4 is 41.1 Å². The first-order valence-corrected chi connectivity index (χ1v) is 11.2. The van der Waals surface area contributed by atoms with E-state index < -0.39 is 30.4 Å². The van der Waals surface area contributed by atoms with Gasteiger partial charge in [0.25, 0.3) is 0 Å². The van der Waals surface area contributed by atoms with Crippen molar-refractivity contribution in [3.05, 3.63) is 70.3 Å². The molecule has 2 aliphatic carbocycles. The van der Waals surface area contributed by atoms with Crippen molar-refractivity contribution in [1.29, 1.82) is 0 Å². The Hall–Kier alpha value is -4.73. The minimum absolute atomic E-state index is 0.185. The van der Waals surface area contributed by atoms with Crippen molar-refractivity contribution in [3.8, 4) is 11.1 Å². The van der Waals surface area contributed by atoms with Crippen LogP contribution in [0.1, 0.15) is 49.9 Å². The maximum Gasteiger partial charge on any atom is 0.370 e. The molecule has 0 spiro atoms. The van der Waals surface area contributed by atoms with Crippen molar-refractivity contribution in [2.75, 3.05) is 14.2 Å². The summed E-state index contributed by atoms with van der Waals surface area (Å²) in [5.41, 5.74) is 5.90. The molecule has 0 atom stereocenters. The third-order valence-corrected chi connectivity index (χ3v) is 6.17. The highest BCUT2D eigenvalue weighted by molar-refractivity contribution is 6.09. The minimum Gasteiger partial charge on any atom is -0.548 e. The zero-order valence-electron chi connectivity index (χ0n) is 20.7. The number of carbonyl (C=O) groups is 4. The first-order chi connectivity index (χ1) is 17.5. The molecule has 3 aliphatic rings. The monoisotopic (exact) mass is 504 g/mol. The van der Waals surface area contributed by atoms with Crippen LogP contribution in [0.15, 0.2) is 36.9 Å². The molecular weight excluding hydrogens is 480 g/mol. The summed E-state index contributed by atoms with van der Waals surface area (Å²) in [6, 6.07) is 1.87. The van der Waals surface area contributed by atoms with E-state index in [2.05, 4.69) is 0 Å². The number of pyridine rings is 2. The third-order valence-electron chi connectivity index (χ3n) is 6.17. The standard InChI is InChI=1S/C27H24N2O8/c1-14-5-17(25-18(14)8-28(12-22(30)31)11-21(25)27(35)37-4)7-16-6-15(2)24-19(16)9-29(13-23(32)33)10-20(24)26(34)36-3/h5-11H,12-13H2,1-4H3,(H-,30,31,32,33). The van der Waals surface area contributed by atoms with Crippen molar-refractivity contribution < 1.29 is 43.4 Å². The van der Waals surface area contributed by atoms with E-state index in [1.807, 2.05) is 32.1 Å². The van der Waals surface area contributed by atoms with Gasteiger partial charge in [0.15, 0.2) is 12.4 Å². The Morgan fingerprint density at radius 1 is 1.00 bits per heavy atom. The number of aromatic nitrogens is 2. The number of methoxy groups -OCH3 is 2. The summed E-state index contributed by atoms with van der Waals surface area (Å²) < 4.78 is 12.7. The van der Waals surface area contributed by atoms with Gasteiger partial charge in [0, 0.05) is 29.1 Å². The molecule has 0 unspecified atom stereocenters. The minimum atomic E-state index is -1.30. The molecule has 2 heterocycles. The number of hydrogen-bond acceptors (Lipinski definition) is 7. The normalized spacial score (nSPS) is 13.4. The molecule has 0 radical (unpaired) electrons. The number of carboxylic acids is 2. The van der Waals surface area contributed by atoms with Crippen LogP contribution in [0.5, 0.6) is 0 Å². The zero-order chi connectivity index (χ0) is 27.0. The number of carboxylic acid groups (broad SMARTS) is 2. The molecule has 0 fully saturated rings. The first-order valence-electron chi connectivity index (χ1n) is 11.2. The second kappa shape index (κ2) is 9.73. The number of nitrogens with zero attached hydrogens (tertiary/aromatic N) is 2. The lowest BCUT2D eigenvalue weighted by Gasteiger charge is -2.15. The smallest absolute Gasteiger partial charge is 0.370 e. The van der Waals surface area contributed by atoms with Crippen LogP contribution in [-0.4, -0.2) is 47.8 Å². The molecule has 10 nitrogen and oxygen atoms in total. The van der Waals surface area contributed by atoms with E-state index in [4.69, 9.17) is 9.47 Å². The molecule has 1 N–H and O–H groups in total. The van der Waals surface area contributed by atoms with Crippen LogP contribution >= 0.6 is 0 Å². The van der Waals surface area contributed by atoms with Gasteiger partial charge in [-0.3, -0.25) is 0 Å². The molecule has 1 aromatic heterocycles. The lowest BCUT2D eigenvalue weighted by molar-refractivity contribution is -0.686. The van der Waals surface area contributed by atoms with Crippen molar-refractivity contribution in [3.63, 3.8) is 0 Å². The van der Waals surface area contributed by atoms with Gasteiger partial charge in [0.2, 0.25) is 6.54 Å². The van der Waals surface area contributed by atoms with E-state index in [0.717, 1.165) is 11.1 Å². The van der Waals surface area contributed by atoms with E-state index in [0.29, 0.717) is 33.4 Å². The van der Waals surface area contributed by atoms with Gasteiger partial charge in [-0.25, -0.2) is 14.4 Å². The molecule has 10 heteroatoms. The topological polar surface area (TPSA) is 139 Å². The highest BCUT2D eigenvalue weighted by Gasteiger charge is 2.30. The second-order valence-corrected chi connectivity index (χ2v) is 8.72. The van der Waals surface area contributed by atoms with Crippen LogP contribution in [0.25, 0.3) is 28.3 Å². The number of hydrogen-bond donors (Lipinski definition) is 1. The van der Waals surface area contributed by atoms with Gasteiger partial charge >= 0.3 is 17.9 Å². The molecule has 4 rings (SSSR count). The van der Waals surface area contributed by atoms with E-state index in [1.165, 1.54) is 35.7 Å². The molecule has 0 amide bonds. The van der Waals surface area contributed by atoms with Gasteiger partial charge in [-0.1, -0.05) is 12.1 Å². The summed E-state index contributed by atoms with van der Waals surface area (Å²) in [6.07, 6.45) is 9.86. The van der Waals surface area contributed by atoms with Crippen molar-refractivity contribution in [1.82, 2.24) is 4.57 Å². The molecule has 1 aliphatic heterocycles. The van der Waals surface area contributed by atoms with Crippen LogP contribution in [0.4, 0.5) is 0 Å². The van der Waals surface area contributed by atoms with E-state index in [-0.39, 0.29) is 17.7 Å². The summed E-state index contributed by atoms with van der Waals surface area (Å²) in [6.45, 7) is 2.89. The summed E-state index contributed by atoms with van der Waals surface area (Å²) in [4.78, 5) is 47.8. The zero-order valence-corrected chi connectivity index (χ0v) is 20.7. The van der Waals surface area contributed by atoms with Gasteiger partial charge < -0.3 is 29.0 Å². The van der Waals surface area contributed by atoms with E-state index in [1.54, 1.807) is 12.4 Å². The van der Waals surface area contributed by atoms with Gasteiger partial charge in [0.1, 0.15) is 5.56 Å². The van der Waals surface area contributed by atoms with Crippen molar-refractivity contribution in [2.45, 2.75) is 26.9 Å². The number of aliphatic carboxylic acids is 2. The van der Waals surface area contributed by atoms with Crippen LogP contribution in [0.3, 0.4) is 0 Å². The molecule has 190 valence electrons. The fourth-order valence-electron chi connectivity index (χ4n) is 4.72. The fraction of sp³-hybridized carbons (Fsp3) is 0.222. The number of esters is 2. The number of rotatable bonds is 7. The van der Waals surface area contributed by atoms with Gasteiger partial charge in [-0.2, -0.15) is 4.57 Å². The van der Waals surface area contributed by atoms with Crippen LogP contribution < -0.4 is 9.67 Å². The molecule has 0 saturated heterocycles. The maximum absolute atomic E-state index is 12.7. The van der Waals surface area contributed by atoms with E-state index in [9.17, 15) is 29.4 Å². The highest BCUT2D eigenvalue weighted by Crippen LogP contribution is 2.41. The molecule has 0 aromatic carbocycles. The predicted octanol–water partition coefficient (Wildman–Crippen LogP) is 1.55. The van der Waals surface area contributed by atoms with Crippen molar-refractivity contribution in [2.24, 2.45) is 0 Å². The van der Waals surface area contributed by atoms with Crippen LogP contribution in [0.2, 0.25) is 0 Å². The average molecular weight is 504 g/mol. The molecule has 0 saturated carbocycles. The van der Waals surface area contributed by atoms with Gasteiger partial charge in [-0.15, -0.1) is 0 Å². The SMILES string of the molecule is COC(=O)c1c[n+](CC(=O)O)cc2c1C(C)=C/C2=C\c1cc(C)c2cn(CC(=O)[O-])cc(C(=O)OC)c1-2. The summed E-state index contributed by atoms with van der Waals surface area (Å²) in [5.74, 6) is -3.59. The third kappa shape index (κ3) is 4.73. The number of aryl methyl sites for hydroxylation is 1. The number of ether oxygens (including phenoxy) is 2. The number of allylic oxidation sites excluding steroid dienone is 3. The fourth-order valence-corrected chi connectivity index (χ4v) is 4.72. The summed E-state index contributed by atoms with van der Waals surface area (Å²) >= 11 is 0. The molecular formula is C27H24N2O8. The summed E-state index contributed by atoms with van der Waals surface area (Å²) in [5, 5.41) is 20.5. The first kappa shape index (κ1) is 25.4. The van der Waals surface area contributed by atoms with Crippen LogP contribution in [-0.2, 0) is 32.2 Å². The Bertz CT molecular complexity index is 1510. The average Bonchev–Trinajstić information content (AvgIpc) is 3.32. The Morgan fingerprint density at radius 2 is 1.68 bits per heavy atom. The quantitative estimate of drug-likeness (QED) is 0.378. The molecule has 37 heavy (non-hydrogen) atoms. The second-order valence-electron chi connectivity index (χ2n) is 8.72. The Labute approximate surface area is 212 Å².